The second-order valence-corrected chi connectivity index (χ2v) is 6.95. The topological polar surface area (TPSA) is 98.9 Å². The number of rotatable bonds is 6. The van der Waals surface area contributed by atoms with E-state index in [9.17, 15) is 14.4 Å². The van der Waals surface area contributed by atoms with Crippen molar-refractivity contribution in [3.63, 3.8) is 0 Å². The number of ether oxygens (including phenoxy) is 2. The summed E-state index contributed by atoms with van der Waals surface area (Å²) in [5.41, 5.74) is 5.35. The first kappa shape index (κ1) is 19.9. The molecule has 2 amide bonds. The number of benzene rings is 2. The lowest BCUT2D eigenvalue weighted by atomic mass is 10.0. The third-order valence-electron chi connectivity index (χ3n) is 4.68. The minimum atomic E-state index is -0.681. The molecule has 2 aromatic carbocycles. The monoisotopic (exact) mass is 404 g/mol. The normalized spacial score (nSPS) is 16.6. The Morgan fingerprint density at radius 1 is 1.07 bits per heavy atom. The lowest BCUT2D eigenvalue weighted by Crippen LogP contribution is -2.51. The van der Waals surface area contributed by atoms with E-state index in [1.165, 1.54) is 4.90 Å². The fourth-order valence-electron chi connectivity index (χ4n) is 3.29. The highest BCUT2D eigenvalue weighted by Gasteiger charge is 2.31. The predicted molar refractivity (Wildman–Crippen MR) is 104 cm³/mol. The van der Waals surface area contributed by atoms with E-state index >= 15 is 0 Å². The maximum Gasteiger partial charge on any atom is 0.344 e. The van der Waals surface area contributed by atoms with Crippen molar-refractivity contribution < 1.29 is 23.9 Å². The molecule has 148 valence electrons. The van der Waals surface area contributed by atoms with Crippen LogP contribution in [-0.2, 0) is 19.1 Å². The second-order valence-electron chi connectivity index (χ2n) is 6.54. The van der Waals surface area contributed by atoms with Crippen LogP contribution in [-0.4, -0.2) is 48.5 Å². The van der Waals surface area contributed by atoms with Crippen LogP contribution in [0.2, 0.25) is 5.02 Å². The van der Waals surface area contributed by atoms with Gasteiger partial charge in [0.25, 0.3) is 5.91 Å². The highest BCUT2D eigenvalue weighted by Crippen LogP contribution is 2.31. The van der Waals surface area contributed by atoms with E-state index in [2.05, 4.69) is 0 Å². The lowest BCUT2D eigenvalue weighted by Gasteiger charge is -2.33. The van der Waals surface area contributed by atoms with E-state index in [4.69, 9.17) is 26.8 Å². The molecule has 1 aliphatic rings. The van der Waals surface area contributed by atoms with E-state index in [1.54, 1.807) is 12.1 Å². The number of piperidine rings is 1. The molecule has 1 atom stereocenters. The van der Waals surface area contributed by atoms with Crippen LogP contribution in [0.4, 0.5) is 0 Å². The van der Waals surface area contributed by atoms with Crippen LogP contribution >= 0.6 is 11.6 Å². The molecule has 0 unspecified atom stereocenters. The lowest BCUT2D eigenvalue weighted by molar-refractivity contribution is -0.156. The summed E-state index contributed by atoms with van der Waals surface area (Å²) in [6.07, 6.45) is 2.15. The van der Waals surface area contributed by atoms with Gasteiger partial charge in [0.15, 0.2) is 13.2 Å². The van der Waals surface area contributed by atoms with Crippen molar-refractivity contribution in [3.05, 3.63) is 41.4 Å². The van der Waals surface area contributed by atoms with Gasteiger partial charge in [0.1, 0.15) is 11.8 Å². The number of primary amides is 1. The SMILES string of the molecule is NC(=O)[C@H]1CCCCN1C(=O)COC(=O)COc1ccc(Cl)c2ccccc12. The summed E-state index contributed by atoms with van der Waals surface area (Å²) in [6, 6.07) is 10.1. The molecule has 1 aliphatic heterocycles. The molecular weight excluding hydrogens is 384 g/mol. The number of nitrogens with two attached hydrogens (primary N) is 1. The number of hydrogen-bond donors (Lipinski definition) is 1. The van der Waals surface area contributed by atoms with Crippen LogP contribution in [0.15, 0.2) is 36.4 Å². The molecule has 1 saturated heterocycles. The van der Waals surface area contributed by atoms with Crippen LogP contribution in [0.5, 0.6) is 5.75 Å². The Labute approximate surface area is 167 Å². The number of carbonyl (C=O) groups excluding carboxylic acids is 3. The average Bonchev–Trinajstić information content (AvgIpc) is 2.71. The summed E-state index contributed by atoms with van der Waals surface area (Å²) < 4.78 is 10.6. The van der Waals surface area contributed by atoms with Gasteiger partial charge in [-0.15, -0.1) is 0 Å². The van der Waals surface area contributed by atoms with E-state index in [0.717, 1.165) is 23.6 Å². The van der Waals surface area contributed by atoms with Gasteiger partial charge < -0.3 is 20.1 Å². The number of fused-ring (bicyclic) bond motifs is 1. The van der Waals surface area contributed by atoms with Gasteiger partial charge in [-0.05, 0) is 31.4 Å². The summed E-state index contributed by atoms with van der Waals surface area (Å²) in [5.74, 6) is -1.17. The van der Waals surface area contributed by atoms with E-state index in [1.807, 2.05) is 24.3 Å². The minimum Gasteiger partial charge on any atom is -0.481 e. The van der Waals surface area contributed by atoms with Crippen LogP contribution in [0, 0.1) is 0 Å². The molecule has 0 aliphatic carbocycles. The second kappa shape index (κ2) is 8.93. The van der Waals surface area contributed by atoms with Crippen molar-refractivity contribution in [1.29, 1.82) is 0 Å². The third kappa shape index (κ3) is 4.54. The molecule has 0 bridgehead atoms. The maximum atomic E-state index is 12.3. The molecule has 28 heavy (non-hydrogen) atoms. The third-order valence-corrected chi connectivity index (χ3v) is 5.01. The number of carbonyl (C=O) groups is 3. The highest BCUT2D eigenvalue weighted by atomic mass is 35.5. The first-order valence-electron chi connectivity index (χ1n) is 9.02. The van der Waals surface area contributed by atoms with E-state index in [-0.39, 0.29) is 6.61 Å². The highest BCUT2D eigenvalue weighted by molar-refractivity contribution is 6.35. The van der Waals surface area contributed by atoms with Crippen LogP contribution in [0.1, 0.15) is 19.3 Å². The number of esters is 1. The summed E-state index contributed by atoms with van der Waals surface area (Å²) >= 11 is 6.16. The Balaban J connectivity index is 1.54. The molecule has 0 saturated carbocycles. The molecule has 2 N–H and O–H groups in total. The van der Waals surface area contributed by atoms with Gasteiger partial charge in [0.05, 0.1) is 0 Å². The van der Waals surface area contributed by atoms with Crippen molar-refractivity contribution in [2.24, 2.45) is 5.73 Å². The Morgan fingerprint density at radius 2 is 1.82 bits per heavy atom. The summed E-state index contributed by atoms with van der Waals surface area (Å²) in [7, 11) is 0. The van der Waals surface area contributed by atoms with Gasteiger partial charge in [-0.1, -0.05) is 35.9 Å². The fourth-order valence-corrected chi connectivity index (χ4v) is 3.52. The fraction of sp³-hybridized carbons (Fsp3) is 0.350. The zero-order valence-corrected chi connectivity index (χ0v) is 16.0. The largest absolute Gasteiger partial charge is 0.481 e. The summed E-state index contributed by atoms with van der Waals surface area (Å²) in [6.45, 7) is -0.372. The molecule has 0 spiro atoms. The Bertz CT molecular complexity index is 901. The zero-order valence-electron chi connectivity index (χ0n) is 15.2. The van der Waals surface area contributed by atoms with Gasteiger partial charge >= 0.3 is 5.97 Å². The minimum absolute atomic E-state index is 0.349. The zero-order chi connectivity index (χ0) is 20.1. The predicted octanol–water partition coefficient (Wildman–Crippen LogP) is 2.28. The molecule has 8 heteroatoms. The van der Waals surface area contributed by atoms with Crippen molar-refractivity contribution in [1.82, 2.24) is 4.90 Å². The van der Waals surface area contributed by atoms with Crippen molar-refractivity contribution in [2.45, 2.75) is 25.3 Å². The van der Waals surface area contributed by atoms with Crippen LogP contribution in [0.25, 0.3) is 10.8 Å². The molecule has 1 heterocycles. The number of amides is 2. The molecule has 0 aromatic heterocycles. The molecule has 0 radical (unpaired) electrons. The number of hydrogen-bond acceptors (Lipinski definition) is 5. The van der Waals surface area contributed by atoms with Gasteiger partial charge in [-0.25, -0.2) is 4.79 Å². The van der Waals surface area contributed by atoms with Gasteiger partial charge in [-0.3, -0.25) is 9.59 Å². The molecular formula is C20H21ClN2O5. The number of halogens is 1. The first-order valence-corrected chi connectivity index (χ1v) is 9.39. The standard InChI is InChI=1S/C20H21ClN2O5/c21-15-8-9-17(14-6-2-1-5-13(14)15)27-12-19(25)28-11-18(24)23-10-4-3-7-16(23)20(22)26/h1-2,5-6,8-9,16H,3-4,7,10-12H2,(H2,22,26)/t16-/m1/s1. The number of likely N-dealkylation sites (tertiary alicyclic amines) is 1. The molecule has 7 nitrogen and oxygen atoms in total. The average molecular weight is 405 g/mol. The Morgan fingerprint density at radius 3 is 2.57 bits per heavy atom. The first-order chi connectivity index (χ1) is 13.5. The van der Waals surface area contributed by atoms with E-state index < -0.39 is 30.4 Å². The smallest absolute Gasteiger partial charge is 0.344 e. The van der Waals surface area contributed by atoms with Gasteiger partial charge in [0, 0.05) is 22.3 Å². The molecule has 2 aromatic rings. The summed E-state index contributed by atoms with van der Waals surface area (Å²) in [4.78, 5) is 37.1. The van der Waals surface area contributed by atoms with Crippen LogP contribution < -0.4 is 10.5 Å². The Kier molecular flexibility index (Phi) is 6.36. The van der Waals surface area contributed by atoms with E-state index in [0.29, 0.717) is 23.7 Å². The van der Waals surface area contributed by atoms with Gasteiger partial charge in [0.2, 0.25) is 5.91 Å². The Hall–Kier alpha value is -2.80. The number of nitrogens with zero attached hydrogens (tertiary/aromatic N) is 1. The summed E-state index contributed by atoms with van der Waals surface area (Å²) in [5, 5.41) is 2.17. The van der Waals surface area contributed by atoms with Gasteiger partial charge in [-0.2, -0.15) is 0 Å². The molecule has 3 rings (SSSR count). The van der Waals surface area contributed by atoms with Crippen molar-refractivity contribution >= 4 is 40.2 Å². The van der Waals surface area contributed by atoms with Crippen LogP contribution in [0.3, 0.4) is 0 Å². The van der Waals surface area contributed by atoms with Crippen molar-refractivity contribution in [3.8, 4) is 5.75 Å². The van der Waals surface area contributed by atoms with Crippen molar-refractivity contribution in [2.75, 3.05) is 19.8 Å². The molecule has 1 fully saturated rings. The maximum absolute atomic E-state index is 12.3. The quantitative estimate of drug-likeness (QED) is 0.744.